The van der Waals surface area contributed by atoms with Crippen molar-refractivity contribution in [3.63, 3.8) is 0 Å². The minimum absolute atomic E-state index is 0.433. The van der Waals surface area contributed by atoms with E-state index in [0.717, 1.165) is 18.7 Å². The molecule has 0 amide bonds. The van der Waals surface area contributed by atoms with Gasteiger partial charge < -0.3 is 4.74 Å². The van der Waals surface area contributed by atoms with E-state index in [9.17, 15) is 0 Å². The average molecular weight is 223 g/mol. The quantitative estimate of drug-likeness (QED) is 0.446. The smallest absolute Gasteiger partial charge is 0.218 e. The van der Waals surface area contributed by atoms with Crippen molar-refractivity contribution in [3.05, 3.63) is 17.0 Å². The highest BCUT2D eigenvalue weighted by Crippen LogP contribution is 2.38. The topological polar surface area (TPSA) is 35.0 Å². The molecule has 0 aromatic carbocycles. The second-order valence-electron chi connectivity index (χ2n) is 3.46. The van der Waals surface area contributed by atoms with Gasteiger partial charge >= 0.3 is 0 Å². The summed E-state index contributed by atoms with van der Waals surface area (Å²) in [7, 11) is 0. The zero-order chi connectivity index (χ0) is 10.7. The van der Waals surface area contributed by atoms with Crippen LogP contribution in [0.25, 0.3) is 0 Å². The normalized spacial score (nSPS) is 14.7. The third-order valence-corrected chi connectivity index (χ3v) is 2.32. The SMILES string of the molecule is C#CCCOc1cc(Cl)nc(C2CC2)n1. The molecular formula is C11H11ClN2O. The average Bonchev–Trinajstić information content (AvgIpc) is 3.00. The van der Waals surface area contributed by atoms with E-state index in [2.05, 4.69) is 15.9 Å². The second kappa shape index (κ2) is 4.50. The highest BCUT2D eigenvalue weighted by atomic mass is 35.5. The fourth-order valence-corrected chi connectivity index (χ4v) is 1.41. The van der Waals surface area contributed by atoms with Gasteiger partial charge in [0.15, 0.2) is 0 Å². The summed E-state index contributed by atoms with van der Waals surface area (Å²) in [6.07, 6.45) is 7.98. The lowest BCUT2D eigenvalue weighted by Gasteiger charge is -2.05. The summed E-state index contributed by atoms with van der Waals surface area (Å²) in [6.45, 7) is 0.466. The first kappa shape index (κ1) is 10.3. The van der Waals surface area contributed by atoms with Crippen molar-refractivity contribution in [2.45, 2.75) is 25.2 Å². The lowest BCUT2D eigenvalue weighted by molar-refractivity contribution is 0.312. The Bertz CT molecular complexity index is 396. The molecule has 3 nitrogen and oxygen atoms in total. The summed E-state index contributed by atoms with van der Waals surface area (Å²) in [5, 5.41) is 0.433. The molecule has 0 saturated heterocycles. The van der Waals surface area contributed by atoms with Gasteiger partial charge in [-0.15, -0.1) is 12.3 Å². The standard InChI is InChI=1S/C11H11ClN2O/c1-2-3-6-15-10-7-9(12)13-11(14-10)8-4-5-8/h1,7-8H,3-6H2. The Morgan fingerprint density at radius 2 is 2.33 bits per heavy atom. The summed E-state index contributed by atoms with van der Waals surface area (Å²) in [6, 6.07) is 1.62. The van der Waals surface area contributed by atoms with E-state index in [4.69, 9.17) is 22.8 Å². The van der Waals surface area contributed by atoms with Gasteiger partial charge in [0.1, 0.15) is 17.6 Å². The third kappa shape index (κ3) is 2.84. The van der Waals surface area contributed by atoms with E-state index < -0.39 is 0 Å². The molecule has 0 spiro atoms. The minimum Gasteiger partial charge on any atom is -0.477 e. The number of halogens is 1. The number of hydrogen-bond donors (Lipinski definition) is 0. The molecule has 78 valence electrons. The summed E-state index contributed by atoms with van der Waals surface area (Å²) in [5.41, 5.74) is 0. The lowest BCUT2D eigenvalue weighted by Crippen LogP contribution is -2.01. The predicted molar refractivity (Wildman–Crippen MR) is 58.0 cm³/mol. The van der Waals surface area contributed by atoms with E-state index in [1.54, 1.807) is 6.07 Å². The summed E-state index contributed by atoms with van der Waals surface area (Å²) < 4.78 is 5.37. The fourth-order valence-electron chi connectivity index (χ4n) is 1.23. The monoisotopic (exact) mass is 222 g/mol. The lowest BCUT2D eigenvalue weighted by atomic mass is 10.4. The van der Waals surface area contributed by atoms with Crippen molar-refractivity contribution >= 4 is 11.6 Å². The Morgan fingerprint density at radius 3 is 3.00 bits per heavy atom. The Morgan fingerprint density at radius 1 is 1.53 bits per heavy atom. The first-order valence-corrected chi connectivity index (χ1v) is 5.28. The first-order valence-electron chi connectivity index (χ1n) is 4.90. The van der Waals surface area contributed by atoms with Crippen LogP contribution in [0, 0.1) is 12.3 Å². The molecule has 4 heteroatoms. The van der Waals surface area contributed by atoms with Crippen LogP contribution in [0.15, 0.2) is 6.07 Å². The van der Waals surface area contributed by atoms with Gasteiger partial charge in [0.25, 0.3) is 0 Å². The molecule has 2 rings (SSSR count). The number of rotatable bonds is 4. The molecular weight excluding hydrogens is 212 g/mol. The maximum absolute atomic E-state index is 5.86. The largest absolute Gasteiger partial charge is 0.477 e. The van der Waals surface area contributed by atoms with E-state index in [0.29, 0.717) is 30.0 Å². The van der Waals surface area contributed by atoms with Gasteiger partial charge in [-0.1, -0.05) is 11.6 Å². The number of nitrogens with zero attached hydrogens (tertiary/aromatic N) is 2. The molecule has 15 heavy (non-hydrogen) atoms. The van der Waals surface area contributed by atoms with Crippen molar-refractivity contribution in [2.75, 3.05) is 6.61 Å². The van der Waals surface area contributed by atoms with Crippen LogP contribution in [-0.4, -0.2) is 16.6 Å². The first-order chi connectivity index (χ1) is 7.29. The molecule has 1 aromatic heterocycles. The fraction of sp³-hybridized carbons (Fsp3) is 0.455. The summed E-state index contributed by atoms with van der Waals surface area (Å²) >= 11 is 5.86. The molecule has 1 saturated carbocycles. The van der Waals surface area contributed by atoms with Gasteiger partial charge in [-0.3, -0.25) is 0 Å². The van der Waals surface area contributed by atoms with Gasteiger partial charge in [0, 0.05) is 18.4 Å². The zero-order valence-corrected chi connectivity index (χ0v) is 9.00. The van der Waals surface area contributed by atoms with Crippen molar-refractivity contribution in [3.8, 4) is 18.2 Å². The highest BCUT2D eigenvalue weighted by Gasteiger charge is 2.27. The second-order valence-corrected chi connectivity index (χ2v) is 3.85. The number of aromatic nitrogens is 2. The molecule has 0 N–H and O–H groups in total. The predicted octanol–water partition coefficient (Wildman–Crippen LogP) is 2.41. The molecule has 0 radical (unpaired) electrons. The van der Waals surface area contributed by atoms with Crippen molar-refractivity contribution in [1.82, 2.24) is 9.97 Å². The van der Waals surface area contributed by atoms with E-state index in [1.807, 2.05) is 0 Å². The minimum atomic E-state index is 0.433. The van der Waals surface area contributed by atoms with Crippen LogP contribution in [0.2, 0.25) is 5.15 Å². The Hall–Kier alpha value is -1.27. The Balaban J connectivity index is 2.06. The van der Waals surface area contributed by atoms with Crippen LogP contribution < -0.4 is 4.74 Å². The van der Waals surface area contributed by atoms with Gasteiger partial charge in [-0.25, -0.2) is 4.98 Å². The van der Waals surface area contributed by atoms with Crippen LogP contribution in [-0.2, 0) is 0 Å². The van der Waals surface area contributed by atoms with Gasteiger partial charge in [0.05, 0.1) is 0 Å². The summed E-state index contributed by atoms with van der Waals surface area (Å²) in [4.78, 5) is 8.44. The molecule has 0 aliphatic heterocycles. The molecule has 1 heterocycles. The number of ether oxygens (including phenoxy) is 1. The molecule has 1 aromatic rings. The van der Waals surface area contributed by atoms with Gasteiger partial charge in [-0.05, 0) is 12.8 Å². The van der Waals surface area contributed by atoms with Crippen LogP contribution in [0.4, 0.5) is 0 Å². The molecule has 1 aliphatic rings. The number of hydrogen-bond acceptors (Lipinski definition) is 3. The van der Waals surface area contributed by atoms with Crippen LogP contribution in [0.5, 0.6) is 5.88 Å². The van der Waals surface area contributed by atoms with Crippen molar-refractivity contribution in [2.24, 2.45) is 0 Å². The van der Waals surface area contributed by atoms with Gasteiger partial charge in [-0.2, -0.15) is 4.98 Å². The van der Waals surface area contributed by atoms with Crippen molar-refractivity contribution in [1.29, 1.82) is 0 Å². The maximum atomic E-state index is 5.86. The summed E-state index contributed by atoms with van der Waals surface area (Å²) in [5.74, 6) is 4.28. The Labute approximate surface area is 93.8 Å². The molecule has 1 fully saturated rings. The molecule has 0 bridgehead atoms. The van der Waals surface area contributed by atoms with Gasteiger partial charge in [0.2, 0.25) is 5.88 Å². The van der Waals surface area contributed by atoms with Crippen LogP contribution in [0.1, 0.15) is 31.0 Å². The van der Waals surface area contributed by atoms with E-state index in [1.165, 1.54) is 0 Å². The molecule has 1 aliphatic carbocycles. The maximum Gasteiger partial charge on any atom is 0.218 e. The van der Waals surface area contributed by atoms with Crippen LogP contribution in [0.3, 0.4) is 0 Å². The zero-order valence-electron chi connectivity index (χ0n) is 8.24. The third-order valence-electron chi connectivity index (χ3n) is 2.13. The molecule has 0 unspecified atom stereocenters. The Kier molecular flexibility index (Phi) is 3.08. The molecule has 0 atom stereocenters. The highest BCUT2D eigenvalue weighted by molar-refractivity contribution is 6.29. The van der Waals surface area contributed by atoms with Crippen molar-refractivity contribution < 1.29 is 4.74 Å². The van der Waals surface area contributed by atoms with E-state index >= 15 is 0 Å². The van der Waals surface area contributed by atoms with E-state index in [-0.39, 0.29) is 0 Å². The van der Waals surface area contributed by atoms with Crippen LogP contribution >= 0.6 is 11.6 Å². The number of terminal acetylenes is 1.